The zero-order chi connectivity index (χ0) is 16.9. The van der Waals surface area contributed by atoms with Crippen molar-refractivity contribution in [2.45, 2.75) is 19.0 Å². The van der Waals surface area contributed by atoms with Gasteiger partial charge in [0.05, 0.1) is 12.6 Å². The van der Waals surface area contributed by atoms with E-state index in [4.69, 9.17) is 4.74 Å². The number of carbonyl (C=O) groups is 1. The molecule has 2 aromatic carbocycles. The van der Waals surface area contributed by atoms with Gasteiger partial charge in [-0.1, -0.05) is 48.5 Å². The van der Waals surface area contributed by atoms with Crippen LogP contribution < -0.4 is 5.32 Å². The van der Waals surface area contributed by atoms with E-state index in [0.29, 0.717) is 12.2 Å². The predicted octanol–water partition coefficient (Wildman–Crippen LogP) is 3.72. The molecule has 24 heavy (non-hydrogen) atoms. The van der Waals surface area contributed by atoms with Gasteiger partial charge in [0.1, 0.15) is 0 Å². The molecule has 3 rings (SSSR count). The average molecular weight is 322 g/mol. The first kappa shape index (κ1) is 16.4. The maximum Gasteiger partial charge on any atom is 0.186 e. The second kappa shape index (κ2) is 7.43. The van der Waals surface area contributed by atoms with Crippen molar-refractivity contribution in [3.05, 3.63) is 71.9 Å². The van der Waals surface area contributed by atoms with Crippen molar-refractivity contribution in [2.75, 3.05) is 13.7 Å². The molecule has 0 aliphatic heterocycles. The molecular formula is C20H22N2O2. The van der Waals surface area contributed by atoms with Crippen molar-refractivity contribution in [3.63, 3.8) is 0 Å². The highest BCUT2D eigenvalue weighted by Crippen LogP contribution is 2.25. The zero-order valence-corrected chi connectivity index (χ0v) is 14.0. The molecule has 0 unspecified atom stereocenters. The Balaban J connectivity index is 1.96. The number of hydrogen-bond acceptors (Lipinski definition) is 3. The molecule has 1 aromatic heterocycles. The van der Waals surface area contributed by atoms with Crippen LogP contribution in [0.25, 0.3) is 10.9 Å². The summed E-state index contributed by atoms with van der Waals surface area (Å²) >= 11 is 0. The van der Waals surface area contributed by atoms with Crippen LogP contribution in [0.5, 0.6) is 0 Å². The number of ether oxygens (including phenoxy) is 1. The van der Waals surface area contributed by atoms with E-state index in [0.717, 1.165) is 16.5 Å². The van der Waals surface area contributed by atoms with E-state index in [1.54, 1.807) is 13.3 Å². The maximum atomic E-state index is 13.2. The maximum absolute atomic E-state index is 13.2. The monoisotopic (exact) mass is 322 g/mol. The molecule has 0 aliphatic carbocycles. The third-order valence-electron chi connectivity index (χ3n) is 4.12. The summed E-state index contributed by atoms with van der Waals surface area (Å²) in [5.41, 5.74) is 2.63. The average Bonchev–Trinajstić information content (AvgIpc) is 3.04. The lowest BCUT2D eigenvalue weighted by molar-refractivity contribution is 0.0922. The Bertz CT molecular complexity index is 811. The summed E-state index contributed by atoms with van der Waals surface area (Å²) in [5, 5.41) is 4.35. The molecular weight excluding hydrogens is 300 g/mol. The lowest BCUT2D eigenvalue weighted by Gasteiger charge is -2.22. The van der Waals surface area contributed by atoms with Gasteiger partial charge in [-0.25, -0.2) is 0 Å². The fourth-order valence-corrected chi connectivity index (χ4v) is 2.98. The zero-order valence-electron chi connectivity index (χ0n) is 14.0. The number of aromatic nitrogens is 1. The van der Waals surface area contributed by atoms with Gasteiger partial charge in [0, 0.05) is 35.8 Å². The Morgan fingerprint density at radius 3 is 2.58 bits per heavy atom. The van der Waals surface area contributed by atoms with Gasteiger partial charge in [-0.2, -0.15) is 0 Å². The van der Waals surface area contributed by atoms with Crippen molar-refractivity contribution >= 4 is 16.7 Å². The number of H-pyrrole nitrogens is 1. The molecule has 4 nitrogen and oxygen atoms in total. The van der Waals surface area contributed by atoms with Crippen LogP contribution in [-0.4, -0.2) is 30.5 Å². The number of nitrogens with one attached hydrogen (secondary N) is 2. The molecule has 2 atom stereocenters. The highest BCUT2D eigenvalue weighted by Gasteiger charge is 2.25. The molecule has 0 bridgehead atoms. The quantitative estimate of drug-likeness (QED) is 0.652. The standard InChI is InChI=1S/C20H22N2O2/c1-14(13-24-2)22-19(15-8-4-3-5-9-15)20(23)17-12-21-18-11-7-6-10-16(17)18/h3-12,14,19,21-22H,13H2,1-2H3/t14-,19-/m1/s1. The largest absolute Gasteiger partial charge is 0.383 e. The summed E-state index contributed by atoms with van der Waals surface area (Å²) in [7, 11) is 1.66. The smallest absolute Gasteiger partial charge is 0.186 e. The topological polar surface area (TPSA) is 54.1 Å². The summed E-state index contributed by atoms with van der Waals surface area (Å²) in [6.07, 6.45) is 1.80. The third-order valence-corrected chi connectivity index (χ3v) is 4.12. The minimum atomic E-state index is -0.407. The van der Waals surface area contributed by atoms with Gasteiger partial charge in [0.15, 0.2) is 5.78 Å². The predicted molar refractivity (Wildman–Crippen MR) is 96.3 cm³/mol. The van der Waals surface area contributed by atoms with Crippen LogP contribution >= 0.6 is 0 Å². The normalized spacial score (nSPS) is 13.8. The molecule has 0 amide bonds. The number of fused-ring (bicyclic) bond motifs is 1. The van der Waals surface area contributed by atoms with Crippen LogP contribution in [0.15, 0.2) is 60.8 Å². The Morgan fingerprint density at radius 1 is 1.12 bits per heavy atom. The highest BCUT2D eigenvalue weighted by molar-refractivity contribution is 6.10. The number of aromatic amines is 1. The molecule has 0 spiro atoms. The van der Waals surface area contributed by atoms with Crippen LogP contribution in [0, 0.1) is 0 Å². The number of methoxy groups -OCH3 is 1. The van der Waals surface area contributed by atoms with Gasteiger partial charge >= 0.3 is 0 Å². The highest BCUT2D eigenvalue weighted by atomic mass is 16.5. The van der Waals surface area contributed by atoms with Gasteiger partial charge in [-0.05, 0) is 18.6 Å². The first-order chi connectivity index (χ1) is 11.7. The molecule has 0 radical (unpaired) electrons. The summed E-state index contributed by atoms with van der Waals surface area (Å²) in [4.78, 5) is 16.4. The Labute approximate surface area is 141 Å². The van der Waals surface area contributed by atoms with E-state index in [1.807, 2.05) is 61.5 Å². The SMILES string of the molecule is COC[C@@H](C)N[C@@H](C(=O)c1c[nH]c2ccccc12)c1ccccc1. The Morgan fingerprint density at radius 2 is 1.83 bits per heavy atom. The molecule has 3 aromatic rings. The van der Waals surface area contributed by atoms with Crippen LogP contribution in [0.1, 0.15) is 28.9 Å². The second-order valence-corrected chi connectivity index (χ2v) is 5.98. The molecule has 0 saturated carbocycles. The van der Waals surface area contributed by atoms with Gasteiger partial charge in [0.25, 0.3) is 0 Å². The molecule has 0 aliphatic rings. The van der Waals surface area contributed by atoms with Crippen molar-refractivity contribution in [1.29, 1.82) is 0 Å². The first-order valence-corrected chi connectivity index (χ1v) is 8.11. The van der Waals surface area contributed by atoms with E-state index < -0.39 is 6.04 Å². The van der Waals surface area contributed by atoms with E-state index in [1.165, 1.54) is 0 Å². The minimum absolute atomic E-state index is 0.0570. The van der Waals surface area contributed by atoms with Crippen molar-refractivity contribution < 1.29 is 9.53 Å². The number of hydrogen-bond donors (Lipinski definition) is 2. The number of Topliss-reactive ketones (excluding diaryl/α,β-unsaturated/α-hetero) is 1. The van der Waals surface area contributed by atoms with Crippen LogP contribution in [-0.2, 0) is 4.74 Å². The van der Waals surface area contributed by atoms with E-state index in [9.17, 15) is 4.79 Å². The van der Waals surface area contributed by atoms with Crippen molar-refractivity contribution in [1.82, 2.24) is 10.3 Å². The third kappa shape index (κ3) is 3.40. The number of rotatable bonds is 7. The summed E-state index contributed by atoms with van der Waals surface area (Å²) in [5.74, 6) is 0.0570. The van der Waals surface area contributed by atoms with Gasteiger partial charge in [0.2, 0.25) is 0 Å². The summed E-state index contributed by atoms with van der Waals surface area (Å²) < 4.78 is 5.20. The number of benzene rings is 2. The lowest BCUT2D eigenvalue weighted by Crippen LogP contribution is -2.37. The lowest BCUT2D eigenvalue weighted by atomic mass is 9.96. The Kier molecular flexibility index (Phi) is 5.08. The van der Waals surface area contributed by atoms with Crippen LogP contribution in [0.4, 0.5) is 0 Å². The van der Waals surface area contributed by atoms with Crippen LogP contribution in [0.2, 0.25) is 0 Å². The van der Waals surface area contributed by atoms with Gasteiger partial charge in [-0.15, -0.1) is 0 Å². The van der Waals surface area contributed by atoms with Crippen molar-refractivity contribution in [3.8, 4) is 0 Å². The molecule has 0 fully saturated rings. The van der Waals surface area contributed by atoms with Crippen LogP contribution in [0.3, 0.4) is 0 Å². The summed E-state index contributed by atoms with van der Waals surface area (Å²) in [6, 6.07) is 17.3. The molecule has 1 heterocycles. The number of para-hydroxylation sites is 1. The molecule has 0 saturated heterocycles. The summed E-state index contributed by atoms with van der Waals surface area (Å²) in [6.45, 7) is 2.56. The molecule has 124 valence electrons. The molecule has 2 N–H and O–H groups in total. The van der Waals surface area contributed by atoms with Crippen molar-refractivity contribution in [2.24, 2.45) is 0 Å². The van der Waals surface area contributed by atoms with Gasteiger partial charge in [-0.3, -0.25) is 10.1 Å². The first-order valence-electron chi connectivity index (χ1n) is 8.11. The fourth-order valence-electron chi connectivity index (χ4n) is 2.98. The van der Waals surface area contributed by atoms with E-state index in [-0.39, 0.29) is 11.8 Å². The molecule has 4 heteroatoms. The van der Waals surface area contributed by atoms with E-state index >= 15 is 0 Å². The van der Waals surface area contributed by atoms with E-state index in [2.05, 4.69) is 10.3 Å². The fraction of sp³-hybridized carbons (Fsp3) is 0.250. The second-order valence-electron chi connectivity index (χ2n) is 5.98. The Hall–Kier alpha value is -2.43. The minimum Gasteiger partial charge on any atom is -0.383 e. The number of carbonyl (C=O) groups excluding carboxylic acids is 1. The van der Waals surface area contributed by atoms with Gasteiger partial charge < -0.3 is 9.72 Å². The number of ketones is 1.